The lowest BCUT2D eigenvalue weighted by Crippen LogP contribution is -2.31. The van der Waals surface area contributed by atoms with E-state index in [0.717, 1.165) is 33.8 Å². The number of allylic oxidation sites excluding steroid dienone is 1. The second kappa shape index (κ2) is 7.60. The Morgan fingerprint density at radius 2 is 1.71 bits per heavy atom. The quantitative estimate of drug-likeness (QED) is 0.425. The molecule has 0 radical (unpaired) electrons. The summed E-state index contributed by atoms with van der Waals surface area (Å²) in [5.74, 6) is 0.569. The van der Waals surface area contributed by atoms with Crippen LogP contribution in [0.25, 0.3) is 11.0 Å². The molecule has 2 N–H and O–H groups in total. The molecule has 1 aliphatic rings. The molecule has 0 bridgehead atoms. The number of hydrogen-bond donors (Lipinski definition) is 2. The summed E-state index contributed by atoms with van der Waals surface area (Å²) in [5.41, 5.74) is 6.16. The highest BCUT2D eigenvalue weighted by Gasteiger charge is 2.34. The molecule has 0 aliphatic carbocycles. The fourth-order valence-corrected chi connectivity index (χ4v) is 4.30. The lowest BCUT2D eigenvalue weighted by Gasteiger charge is -2.31. The third kappa shape index (κ3) is 3.37. The monoisotopic (exact) mass is 428 g/mol. The second-order valence-electron chi connectivity index (χ2n) is 7.68. The molecule has 4 aromatic rings. The zero-order valence-corrected chi connectivity index (χ0v) is 17.9. The predicted molar refractivity (Wildman–Crippen MR) is 125 cm³/mol. The Morgan fingerprint density at radius 1 is 1.00 bits per heavy atom. The first-order valence-electron chi connectivity index (χ1n) is 10.1. The van der Waals surface area contributed by atoms with E-state index >= 15 is 0 Å². The highest BCUT2D eigenvalue weighted by molar-refractivity contribution is 6.30. The van der Waals surface area contributed by atoms with Crippen LogP contribution < -0.4 is 10.6 Å². The first-order chi connectivity index (χ1) is 15.0. The lowest BCUT2D eigenvalue weighted by atomic mass is 9.91. The van der Waals surface area contributed by atoms with E-state index in [9.17, 15) is 4.79 Å². The average molecular weight is 429 g/mol. The molecule has 1 aliphatic heterocycles. The number of para-hydroxylation sites is 2. The van der Waals surface area contributed by atoms with Gasteiger partial charge < -0.3 is 10.6 Å². The first kappa shape index (κ1) is 19.4. The summed E-state index contributed by atoms with van der Waals surface area (Å²) in [6.07, 6.45) is 0. The Labute approximate surface area is 185 Å². The van der Waals surface area contributed by atoms with Gasteiger partial charge in [-0.15, -0.1) is 0 Å². The number of hydrogen-bond acceptors (Lipinski definition) is 3. The van der Waals surface area contributed by atoms with Gasteiger partial charge >= 0.3 is 0 Å². The van der Waals surface area contributed by atoms with Gasteiger partial charge in [-0.25, -0.2) is 4.98 Å². The summed E-state index contributed by atoms with van der Waals surface area (Å²) >= 11 is 6.00. The second-order valence-corrected chi connectivity index (χ2v) is 8.11. The van der Waals surface area contributed by atoms with Gasteiger partial charge in [0.05, 0.1) is 22.6 Å². The Hall–Kier alpha value is -3.57. The number of rotatable bonds is 3. The van der Waals surface area contributed by atoms with Crippen LogP contribution in [0.1, 0.15) is 24.1 Å². The van der Waals surface area contributed by atoms with Crippen LogP contribution in [0.5, 0.6) is 0 Å². The molecule has 0 saturated carbocycles. The van der Waals surface area contributed by atoms with Crippen molar-refractivity contribution in [2.45, 2.75) is 19.9 Å². The largest absolute Gasteiger partial charge is 0.329 e. The SMILES string of the molecule is CC1=C(C(=O)Nc2ccc(Cl)cc2)C(c2ccccc2C)n2c(nc3ccccc32)N1. The number of nitrogens with one attached hydrogen (secondary N) is 2. The molecule has 1 atom stereocenters. The number of amides is 1. The normalized spacial score (nSPS) is 15.5. The molecule has 5 rings (SSSR count). The minimum absolute atomic E-state index is 0.163. The summed E-state index contributed by atoms with van der Waals surface area (Å²) in [6, 6.07) is 23.0. The molecule has 0 saturated heterocycles. The van der Waals surface area contributed by atoms with Gasteiger partial charge in [0.1, 0.15) is 0 Å². The maximum Gasteiger partial charge on any atom is 0.255 e. The van der Waals surface area contributed by atoms with Gasteiger partial charge in [-0.05, 0) is 61.4 Å². The fraction of sp³-hybridized carbons (Fsp3) is 0.120. The zero-order chi connectivity index (χ0) is 21.5. The molecular weight excluding hydrogens is 408 g/mol. The van der Waals surface area contributed by atoms with Crippen LogP contribution >= 0.6 is 11.6 Å². The molecule has 6 heteroatoms. The third-order valence-corrected chi connectivity index (χ3v) is 5.91. The van der Waals surface area contributed by atoms with Crippen molar-refractivity contribution in [1.82, 2.24) is 9.55 Å². The molecule has 3 aromatic carbocycles. The summed E-state index contributed by atoms with van der Waals surface area (Å²) in [5, 5.41) is 7.00. The first-order valence-corrected chi connectivity index (χ1v) is 10.5. The summed E-state index contributed by atoms with van der Waals surface area (Å²) in [4.78, 5) is 18.3. The highest BCUT2D eigenvalue weighted by atomic mass is 35.5. The van der Waals surface area contributed by atoms with Crippen LogP contribution in [0.15, 0.2) is 84.1 Å². The molecule has 31 heavy (non-hydrogen) atoms. The standard InChI is InChI=1S/C25H21ClN4O/c1-15-7-3-4-8-19(15)23-22(24(31)28-18-13-11-17(26)12-14-18)16(2)27-25-29-20-9-5-6-10-21(20)30(23)25/h3-14,23H,1-2H3,(H,27,29)(H,28,31). The van der Waals surface area contributed by atoms with Crippen LogP contribution in [-0.4, -0.2) is 15.5 Å². The van der Waals surface area contributed by atoms with E-state index < -0.39 is 0 Å². The van der Waals surface area contributed by atoms with Gasteiger partial charge in [0.25, 0.3) is 5.91 Å². The average Bonchev–Trinajstić information content (AvgIpc) is 3.12. The van der Waals surface area contributed by atoms with E-state index in [4.69, 9.17) is 16.6 Å². The maximum atomic E-state index is 13.5. The van der Waals surface area contributed by atoms with Gasteiger partial charge in [0.15, 0.2) is 0 Å². The van der Waals surface area contributed by atoms with Crippen molar-refractivity contribution in [2.75, 3.05) is 10.6 Å². The van der Waals surface area contributed by atoms with Crippen LogP contribution in [0.2, 0.25) is 5.02 Å². The summed E-state index contributed by atoms with van der Waals surface area (Å²) in [6.45, 7) is 3.99. The van der Waals surface area contributed by atoms with Crippen molar-refractivity contribution < 1.29 is 4.79 Å². The van der Waals surface area contributed by atoms with Crippen molar-refractivity contribution >= 4 is 40.2 Å². The molecule has 154 valence electrons. The van der Waals surface area contributed by atoms with E-state index in [-0.39, 0.29) is 11.9 Å². The number of anilines is 2. The maximum absolute atomic E-state index is 13.5. The summed E-state index contributed by atoms with van der Waals surface area (Å²) in [7, 11) is 0. The number of imidazole rings is 1. The number of halogens is 1. The van der Waals surface area contributed by atoms with Crippen molar-refractivity contribution in [2.24, 2.45) is 0 Å². The molecule has 1 aromatic heterocycles. The number of aromatic nitrogens is 2. The molecule has 1 unspecified atom stereocenters. The number of carbonyl (C=O) groups excluding carboxylic acids is 1. The van der Waals surface area contributed by atoms with E-state index in [0.29, 0.717) is 16.3 Å². The van der Waals surface area contributed by atoms with Gasteiger partial charge in [-0.1, -0.05) is 48.0 Å². The Balaban J connectivity index is 1.67. The molecule has 5 nitrogen and oxygen atoms in total. The molecular formula is C25H21ClN4O. The zero-order valence-electron chi connectivity index (χ0n) is 17.2. The van der Waals surface area contributed by atoms with Crippen LogP contribution in [0.4, 0.5) is 11.6 Å². The summed E-state index contributed by atoms with van der Waals surface area (Å²) < 4.78 is 2.11. The predicted octanol–water partition coefficient (Wildman–Crippen LogP) is 5.93. The number of aryl methyl sites for hydroxylation is 1. The Morgan fingerprint density at radius 3 is 2.48 bits per heavy atom. The number of carbonyl (C=O) groups is 1. The molecule has 2 heterocycles. The minimum atomic E-state index is -0.308. The number of benzene rings is 3. The molecule has 0 spiro atoms. The number of nitrogens with zero attached hydrogens (tertiary/aromatic N) is 2. The van der Waals surface area contributed by atoms with Gasteiger partial charge in [-0.2, -0.15) is 0 Å². The van der Waals surface area contributed by atoms with E-state index in [1.54, 1.807) is 24.3 Å². The fourth-order valence-electron chi connectivity index (χ4n) is 4.18. The van der Waals surface area contributed by atoms with Crippen LogP contribution in [-0.2, 0) is 4.79 Å². The lowest BCUT2D eigenvalue weighted by molar-refractivity contribution is -0.113. The van der Waals surface area contributed by atoms with E-state index in [1.807, 2.05) is 43.3 Å². The van der Waals surface area contributed by atoms with Gasteiger partial charge in [0, 0.05) is 16.4 Å². The minimum Gasteiger partial charge on any atom is -0.329 e. The van der Waals surface area contributed by atoms with Gasteiger partial charge in [0.2, 0.25) is 5.95 Å². The highest BCUT2D eigenvalue weighted by Crippen LogP contribution is 2.40. The van der Waals surface area contributed by atoms with Gasteiger partial charge in [-0.3, -0.25) is 9.36 Å². The topological polar surface area (TPSA) is 59.0 Å². The number of fused-ring (bicyclic) bond motifs is 3. The molecule has 1 amide bonds. The Kier molecular flexibility index (Phi) is 4.75. The van der Waals surface area contributed by atoms with E-state index in [2.05, 4.69) is 34.3 Å². The Bertz CT molecular complexity index is 1340. The van der Waals surface area contributed by atoms with Crippen molar-refractivity contribution in [3.8, 4) is 0 Å². The third-order valence-electron chi connectivity index (χ3n) is 5.66. The van der Waals surface area contributed by atoms with Crippen molar-refractivity contribution in [3.63, 3.8) is 0 Å². The molecule has 0 fully saturated rings. The van der Waals surface area contributed by atoms with E-state index in [1.165, 1.54) is 0 Å². The van der Waals surface area contributed by atoms with Crippen molar-refractivity contribution in [1.29, 1.82) is 0 Å². The van der Waals surface area contributed by atoms with Crippen molar-refractivity contribution in [3.05, 3.63) is 100 Å². The van der Waals surface area contributed by atoms with Crippen LogP contribution in [0, 0.1) is 6.92 Å². The van der Waals surface area contributed by atoms with Crippen LogP contribution in [0.3, 0.4) is 0 Å². The smallest absolute Gasteiger partial charge is 0.255 e.